The van der Waals surface area contributed by atoms with Gasteiger partial charge in [0.1, 0.15) is 0 Å². The van der Waals surface area contributed by atoms with E-state index >= 15 is 0 Å². The maximum atomic E-state index is 6.67. The van der Waals surface area contributed by atoms with Gasteiger partial charge >= 0.3 is 25.7 Å². The van der Waals surface area contributed by atoms with Crippen LogP contribution in [0.2, 0.25) is 0 Å². The van der Waals surface area contributed by atoms with Gasteiger partial charge in [-0.05, 0) is 72.7 Å². The first-order chi connectivity index (χ1) is 22.0. The normalized spacial score (nSPS) is 12.4. The van der Waals surface area contributed by atoms with Gasteiger partial charge < -0.3 is 26.6 Å². The molecule has 4 aromatic rings. The van der Waals surface area contributed by atoms with Crippen molar-refractivity contribution in [2.75, 3.05) is 39.6 Å². The van der Waals surface area contributed by atoms with Gasteiger partial charge in [-0.1, -0.05) is 109 Å². The van der Waals surface area contributed by atoms with Crippen LogP contribution in [0, 0.1) is 0 Å². The highest BCUT2D eigenvalue weighted by atomic mass is 28.4. The molecule has 0 N–H and O–H groups in total. The Kier molecular flexibility index (Phi) is 13.1. The summed E-state index contributed by atoms with van der Waals surface area (Å²) in [6.45, 7) is 15.4. The highest BCUT2D eigenvalue weighted by molar-refractivity contribution is 6.95. The van der Waals surface area contributed by atoms with Gasteiger partial charge in [0.2, 0.25) is 0 Å². The largest absolute Gasteiger partial charge is 0.407 e. The van der Waals surface area contributed by atoms with E-state index in [0.29, 0.717) is 39.6 Å². The second-order valence-electron chi connectivity index (χ2n) is 10.3. The van der Waals surface area contributed by atoms with E-state index in [-0.39, 0.29) is 0 Å². The standard InChI is InChI=1S/C36H48O6Si3/c1-7-37-43(38-8-2,31-19-15-13-16-20-31)33-23-27-35(28-24-33)45(41-11-5,42-12-6)36-29-25-34(26-30-36)44(39-9-3,40-10-4)32-21-17-14-18-22-32/h13-30H,7-12H2,1-6H3. The Morgan fingerprint density at radius 2 is 0.467 bits per heavy atom. The molecule has 0 heterocycles. The summed E-state index contributed by atoms with van der Waals surface area (Å²) in [5, 5.41) is 6.36. The topological polar surface area (TPSA) is 55.4 Å². The second-order valence-corrected chi connectivity index (χ2v) is 19.2. The molecule has 0 bridgehead atoms. The van der Waals surface area contributed by atoms with E-state index in [1.54, 1.807) is 0 Å². The van der Waals surface area contributed by atoms with E-state index in [2.05, 4.69) is 72.8 Å². The monoisotopic (exact) mass is 660 g/mol. The van der Waals surface area contributed by atoms with Crippen molar-refractivity contribution >= 4 is 56.8 Å². The molecule has 0 amide bonds. The lowest BCUT2D eigenvalue weighted by Crippen LogP contribution is -2.66. The summed E-state index contributed by atoms with van der Waals surface area (Å²) >= 11 is 0. The lowest BCUT2D eigenvalue weighted by atomic mass is 10.3. The van der Waals surface area contributed by atoms with Crippen LogP contribution in [0.25, 0.3) is 0 Å². The SMILES string of the molecule is CCO[Si](OCC)(c1ccccc1)c1ccc([Si](OCC)(OCC)c2ccc([Si](OCC)(OCC)c3ccccc3)cc2)cc1. The maximum Gasteiger partial charge on any atom is 0.407 e. The zero-order valence-corrected chi connectivity index (χ0v) is 30.6. The van der Waals surface area contributed by atoms with Crippen LogP contribution >= 0.6 is 0 Å². The lowest BCUT2D eigenvalue weighted by Gasteiger charge is -2.34. The summed E-state index contributed by atoms with van der Waals surface area (Å²) in [5.74, 6) is 0. The molecule has 0 aliphatic carbocycles. The average Bonchev–Trinajstić information content (AvgIpc) is 3.09. The van der Waals surface area contributed by atoms with E-state index in [9.17, 15) is 0 Å². The van der Waals surface area contributed by atoms with Crippen LogP contribution in [0.4, 0.5) is 0 Å². The van der Waals surface area contributed by atoms with Crippen LogP contribution in [-0.2, 0) is 26.6 Å². The van der Waals surface area contributed by atoms with Crippen molar-refractivity contribution in [1.29, 1.82) is 0 Å². The van der Waals surface area contributed by atoms with Crippen molar-refractivity contribution in [2.45, 2.75) is 41.5 Å². The van der Waals surface area contributed by atoms with Gasteiger partial charge in [-0.15, -0.1) is 0 Å². The Balaban J connectivity index is 1.81. The number of benzene rings is 4. The van der Waals surface area contributed by atoms with Crippen molar-refractivity contribution in [1.82, 2.24) is 0 Å². The van der Waals surface area contributed by atoms with E-state index in [4.69, 9.17) is 26.6 Å². The minimum absolute atomic E-state index is 0.525. The Labute approximate surface area is 273 Å². The van der Waals surface area contributed by atoms with Crippen LogP contribution < -0.4 is 31.1 Å². The molecule has 0 unspecified atom stereocenters. The molecule has 9 heteroatoms. The maximum absolute atomic E-state index is 6.67. The van der Waals surface area contributed by atoms with Crippen molar-refractivity contribution < 1.29 is 26.6 Å². The Morgan fingerprint density at radius 3 is 0.644 bits per heavy atom. The molecular weight excluding hydrogens is 613 g/mol. The third-order valence-electron chi connectivity index (χ3n) is 7.68. The highest BCUT2D eigenvalue weighted by Gasteiger charge is 2.47. The van der Waals surface area contributed by atoms with Gasteiger partial charge in [0, 0.05) is 39.6 Å². The minimum Gasteiger partial charge on any atom is -0.388 e. The molecule has 4 rings (SSSR count). The number of hydrogen-bond acceptors (Lipinski definition) is 6. The Morgan fingerprint density at radius 1 is 0.289 bits per heavy atom. The van der Waals surface area contributed by atoms with E-state index in [1.165, 1.54) is 0 Å². The highest BCUT2D eigenvalue weighted by Crippen LogP contribution is 2.15. The summed E-state index contributed by atoms with van der Waals surface area (Å²) in [5.41, 5.74) is 0. The Bertz CT molecular complexity index is 1300. The first kappa shape index (κ1) is 35.2. The van der Waals surface area contributed by atoms with Gasteiger partial charge in [-0.25, -0.2) is 0 Å². The molecule has 4 aromatic carbocycles. The summed E-state index contributed by atoms with van der Waals surface area (Å²) in [7, 11) is -8.90. The molecule has 0 saturated heterocycles. The molecule has 240 valence electrons. The number of rotatable bonds is 18. The fraction of sp³-hybridized carbons (Fsp3) is 0.333. The summed E-state index contributed by atoms with van der Waals surface area (Å²) in [6.07, 6.45) is 0. The zero-order valence-electron chi connectivity index (χ0n) is 27.6. The van der Waals surface area contributed by atoms with Crippen LogP contribution in [-0.4, -0.2) is 65.3 Å². The molecule has 0 saturated carbocycles. The molecule has 0 aliphatic rings. The van der Waals surface area contributed by atoms with E-state index in [0.717, 1.165) is 31.1 Å². The lowest BCUT2D eigenvalue weighted by molar-refractivity contribution is 0.207. The van der Waals surface area contributed by atoms with Crippen LogP contribution in [0.15, 0.2) is 109 Å². The number of hydrogen-bond donors (Lipinski definition) is 0. The molecular formula is C36H48O6Si3. The smallest absolute Gasteiger partial charge is 0.388 e. The van der Waals surface area contributed by atoms with Crippen molar-refractivity contribution in [3.63, 3.8) is 0 Å². The van der Waals surface area contributed by atoms with Gasteiger partial charge in [0.15, 0.2) is 0 Å². The predicted octanol–water partition coefficient (Wildman–Crippen LogP) is 3.57. The molecule has 6 nitrogen and oxygen atoms in total. The zero-order chi connectivity index (χ0) is 32.2. The van der Waals surface area contributed by atoms with Crippen molar-refractivity contribution in [2.24, 2.45) is 0 Å². The minimum atomic E-state index is -3.08. The molecule has 45 heavy (non-hydrogen) atoms. The van der Waals surface area contributed by atoms with Crippen molar-refractivity contribution in [3.8, 4) is 0 Å². The van der Waals surface area contributed by atoms with Gasteiger partial charge in [0.05, 0.1) is 0 Å². The quantitative estimate of drug-likeness (QED) is 0.152. The molecule has 0 aliphatic heterocycles. The first-order valence-corrected chi connectivity index (χ1v) is 21.6. The van der Waals surface area contributed by atoms with Crippen LogP contribution in [0.5, 0.6) is 0 Å². The molecule has 0 fully saturated rings. The van der Waals surface area contributed by atoms with Gasteiger partial charge in [0.25, 0.3) is 0 Å². The van der Waals surface area contributed by atoms with Gasteiger partial charge in [-0.2, -0.15) is 0 Å². The molecule has 0 spiro atoms. The van der Waals surface area contributed by atoms with Crippen LogP contribution in [0.3, 0.4) is 0 Å². The summed E-state index contributed by atoms with van der Waals surface area (Å²) < 4.78 is 39.4. The third kappa shape index (κ3) is 7.32. The summed E-state index contributed by atoms with van der Waals surface area (Å²) in [4.78, 5) is 0. The van der Waals surface area contributed by atoms with E-state index < -0.39 is 25.7 Å². The first-order valence-electron chi connectivity index (χ1n) is 16.2. The predicted molar refractivity (Wildman–Crippen MR) is 191 cm³/mol. The average molecular weight is 661 g/mol. The summed E-state index contributed by atoms with van der Waals surface area (Å²) in [6, 6.07) is 37.8. The van der Waals surface area contributed by atoms with Crippen molar-refractivity contribution in [3.05, 3.63) is 109 Å². The molecule has 0 aromatic heterocycles. The molecule has 0 atom stereocenters. The fourth-order valence-electron chi connectivity index (χ4n) is 5.98. The fourth-order valence-corrected chi connectivity index (χ4v) is 15.4. The van der Waals surface area contributed by atoms with Gasteiger partial charge in [-0.3, -0.25) is 0 Å². The second kappa shape index (κ2) is 16.7. The van der Waals surface area contributed by atoms with E-state index in [1.807, 2.05) is 77.9 Å². The Hall–Kier alpha value is -2.71. The third-order valence-corrected chi connectivity index (χ3v) is 18.4. The van der Waals surface area contributed by atoms with Crippen LogP contribution in [0.1, 0.15) is 41.5 Å². The molecule has 0 radical (unpaired) electrons.